The second-order valence-electron chi connectivity index (χ2n) is 8.36. The fourth-order valence-corrected chi connectivity index (χ4v) is 3.26. The van der Waals surface area contributed by atoms with Crippen molar-refractivity contribution in [1.29, 1.82) is 5.26 Å². The highest BCUT2D eigenvalue weighted by molar-refractivity contribution is 5.68. The van der Waals surface area contributed by atoms with Crippen LogP contribution in [0.1, 0.15) is 51.7 Å². The SMILES string of the molecule is CC(Nc1cc(C#N)cc(F)c1C(F)(F)F)C1(F)CCN(C(=O)OC(C)(C)C)CC1. The van der Waals surface area contributed by atoms with Crippen LogP contribution < -0.4 is 5.32 Å². The van der Waals surface area contributed by atoms with Crippen LogP contribution >= 0.6 is 0 Å². The van der Waals surface area contributed by atoms with Crippen molar-refractivity contribution < 1.29 is 31.5 Å². The van der Waals surface area contributed by atoms with Crippen LogP contribution in [0.2, 0.25) is 0 Å². The van der Waals surface area contributed by atoms with E-state index in [0.717, 1.165) is 6.07 Å². The lowest BCUT2D eigenvalue weighted by molar-refractivity contribution is -0.139. The monoisotopic (exact) mass is 433 g/mol. The highest BCUT2D eigenvalue weighted by Crippen LogP contribution is 2.39. The molecular weight excluding hydrogens is 409 g/mol. The third-order valence-corrected chi connectivity index (χ3v) is 4.90. The molecule has 0 aromatic heterocycles. The summed E-state index contributed by atoms with van der Waals surface area (Å²) in [6.07, 6.45) is -5.89. The molecule has 166 valence electrons. The number of likely N-dealkylation sites (tertiary alicyclic amines) is 1. The molecule has 0 spiro atoms. The zero-order valence-corrected chi connectivity index (χ0v) is 17.2. The third-order valence-electron chi connectivity index (χ3n) is 4.90. The van der Waals surface area contributed by atoms with Gasteiger partial charge < -0.3 is 15.0 Å². The van der Waals surface area contributed by atoms with Crippen LogP contribution in [0, 0.1) is 17.1 Å². The van der Waals surface area contributed by atoms with Crippen molar-refractivity contribution in [1.82, 2.24) is 4.90 Å². The summed E-state index contributed by atoms with van der Waals surface area (Å²) in [5.74, 6) is -1.61. The largest absolute Gasteiger partial charge is 0.444 e. The summed E-state index contributed by atoms with van der Waals surface area (Å²) in [7, 11) is 0. The first-order valence-corrected chi connectivity index (χ1v) is 9.40. The summed E-state index contributed by atoms with van der Waals surface area (Å²) in [4.78, 5) is 13.5. The zero-order valence-electron chi connectivity index (χ0n) is 17.2. The van der Waals surface area contributed by atoms with Crippen LogP contribution in [-0.4, -0.2) is 41.4 Å². The molecular formula is C20H24F5N3O2. The minimum Gasteiger partial charge on any atom is -0.444 e. The Kier molecular flexibility index (Phi) is 6.54. The molecule has 1 saturated heterocycles. The molecule has 1 heterocycles. The molecule has 1 N–H and O–H groups in total. The number of nitrogens with zero attached hydrogens (tertiary/aromatic N) is 2. The van der Waals surface area contributed by atoms with E-state index >= 15 is 4.39 Å². The topological polar surface area (TPSA) is 65.4 Å². The van der Waals surface area contributed by atoms with Crippen molar-refractivity contribution >= 4 is 11.8 Å². The first-order chi connectivity index (χ1) is 13.7. The smallest absolute Gasteiger partial charge is 0.421 e. The van der Waals surface area contributed by atoms with Crippen LogP contribution in [0.15, 0.2) is 12.1 Å². The molecule has 0 radical (unpaired) electrons. The molecule has 1 aromatic rings. The minimum absolute atomic E-state index is 0.0240. The molecule has 1 aliphatic rings. The van der Waals surface area contributed by atoms with Crippen molar-refractivity contribution in [2.45, 2.75) is 64.0 Å². The maximum Gasteiger partial charge on any atom is 0.421 e. The molecule has 0 saturated carbocycles. The number of benzene rings is 1. The van der Waals surface area contributed by atoms with Crippen LogP contribution in [0.4, 0.5) is 32.4 Å². The fourth-order valence-electron chi connectivity index (χ4n) is 3.26. The van der Waals surface area contributed by atoms with Crippen LogP contribution in [0.5, 0.6) is 0 Å². The minimum atomic E-state index is -5.02. The highest BCUT2D eigenvalue weighted by Gasteiger charge is 2.43. The summed E-state index contributed by atoms with van der Waals surface area (Å²) in [5.41, 5.74) is -5.25. The van der Waals surface area contributed by atoms with Gasteiger partial charge in [0.25, 0.3) is 0 Å². The second-order valence-corrected chi connectivity index (χ2v) is 8.36. The number of hydrogen-bond donors (Lipinski definition) is 1. The number of carbonyl (C=O) groups excluding carboxylic acids is 1. The maximum atomic E-state index is 15.5. The van der Waals surface area contributed by atoms with Crippen molar-refractivity contribution in [3.8, 4) is 6.07 Å². The van der Waals surface area contributed by atoms with Gasteiger partial charge >= 0.3 is 12.3 Å². The summed E-state index contributed by atoms with van der Waals surface area (Å²) in [6, 6.07) is 1.79. The third kappa shape index (κ3) is 5.52. The Bertz CT molecular complexity index is 835. The Hall–Kier alpha value is -2.57. The number of piperidine rings is 1. The predicted molar refractivity (Wildman–Crippen MR) is 100 cm³/mol. The molecule has 1 amide bonds. The number of nitrogens with one attached hydrogen (secondary N) is 1. The molecule has 1 unspecified atom stereocenters. The van der Waals surface area contributed by atoms with E-state index in [0.29, 0.717) is 6.07 Å². The first-order valence-electron chi connectivity index (χ1n) is 9.40. The summed E-state index contributed by atoms with van der Waals surface area (Å²) in [6.45, 7) is 6.50. The molecule has 1 aromatic carbocycles. The number of amides is 1. The van der Waals surface area contributed by atoms with E-state index in [1.807, 2.05) is 0 Å². The van der Waals surface area contributed by atoms with Gasteiger partial charge in [-0.3, -0.25) is 0 Å². The van der Waals surface area contributed by atoms with Gasteiger partial charge in [-0.2, -0.15) is 18.4 Å². The Morgan fingerprint density at radius 1 is 1.27 bits per heavy atom. The standard InChI is InChI=1S/C20H24F5N3O2/c1-12(19(22)5-7-28(8-6-19)17(29)30-18(2,3)4)27-15-10-13(11-26)9-14(21)16(15)20(23,24)25/h9-10,12,27H,5-8H2,1-4H3. The molecule has 1 atom stereocenters. The van der Waals surface area contributed by atoms with Gasteiger partial charge in [0.2, 0.25) is 0 Å². The van der Waals surface area contributed by atoms with Gasteiger partial charge in [0.1, 0.15) is 22.7 Å². The van der Waals surface area contributed by atoms with Gasteiger partial charge in [0, 0.05) is 25.9 Å². The zero-order chi connectivity index (χ0) is 22.9. The van der Waals surface area contributed by atoms with E-state index in [4.69, 9.17) is 10.00 Å². The lowest BCUT2D eigenvalue weighted by Crippen LogP contribution is -2.52. The van der Waals surface area contributed by atoms with Crippen molar-refractivity contribution in [2.75, 3.05) is 18.4 Å². The van der Waals surface area contributed by atoms with Gasteiger partial charge in [0.05, 0.1) is 23.4 Å². The fraction of sp³-hybridized carbons (Fsp3) is 0.600. The number of ether oxygens (including phenoxy) is 1. The average molecular weight is 433 g/mol. The number of alkyl halides is 4. The van der Waals surface area contributed by atoms with Crippen molar-refractivity contribution in [3.05, 3.63) is 29.1 Å². The summed E-state index contributed by atoms with van der Waals surface area (Å²) in [5, 5.41) is 11.3. The van der Waals surface area contributed by atoms with Gasteiger partial charge in [-0.25, -0.2) is 13.6 Å². The maximum absolute atomic E-state index is 15.5. The van der Waals surface area contributed by atoms with E-state index in [1.165, 1.54) is 11.8 Å². The van der Waals surface area contributed by atoms with Crippen molar-refractivity contribution in [3.63, 3.8) is 0 Å². The van der Waals surface area contributed by atoms with Gasteiger partial charge in [-0.05, 0) is 39.8 Å². The number of rotatable bonds is 3. The van der Waals surface area contributed by atoms with Crippen molar-refractivity contribution in [2.24, 2.45) is 0 Å². The molecule has 1 fully saturated rings. The Morgan fingerprint density at radius 3 is 2.30 bits per heavy atom. The molecule has 5 nitrogen and oxygen atoms in total. The number of hydrogen-bond acceptors (Lipinski definition) is 4. The van der Waals surface area contributed by atoms with Crippen LogP contribution in [0.3, 0.4) is 0 Å². The lowest BCUT2D eigenvalue weighted by atomic mass is 9.86. The Labute approximate surface area is 171 Å². The van der Waals surface area contributed by atoms with E-state index in [1.54, 1.807) is 26.8 Å². The summed E-state index contributed by atoms with van der Waals surface area (Å²) < 4.78 is 74.6. The Morgan fingerprint density at radius 2 is 1.83 bits per heavy atom. The van der Waals surface area contributed by atoms with E-state index in [2.05, 4.69) is 5.32 Å². The predicted octanol–water partition coefficient (Wildman–Crippen LogP) is 5.26. The quantitative estimate of drug-likeness (QED) is 0.661. The van der Waals surface area contributed by atoms with Gasteiger partial charge in [0.15, 0.2) is 0 Å². The molecule has 10 heteroatoms. The normalized spacial score (nSPS) is 17.8. The molecule has 2 rings (SSSR count). The van der Waals surface area contributed by atoms with E-state index < -0.39 is 46.6 Å². The summed E-state index contributed by atoms with van der Waals surface area (Å²) >= 11 is 0. The van der Waals surface area contributed by atoms with Gasteiger partial charge in [-0.1, -0.05) is 0 Å². The molecule has 30 heavy (non-hydrogen) atoms. The van der Waals surface area contributed by atoms with Crippen LogP contribution in [0.25, 0.3) is 0 Å². The average Bonchev–Trinajstić information content (AvgIpc) is 2.59. The number of halogens is 5. The Balaban J connectivity index is 2.17. The highest BCUT2D eigenvalue weighted by atomic mass is 19.4. The second kappa shape index (κ2) is 8.28. The first kappa shape index (κ1) is 23.7. The van der Waals surface area contributed by atoms with E-state index in [-0.39, 0.29) is 31.5 Å². The van der Waals surface area contributed by atoms with Crippen LogP contribution in [-0.2, 0) is 10.9 Å². The van der Waals surface area contributed by atoms with Gasteiger partial charge in [-0.15, -0.1) is 0 Å². The molecule has 0 bridgehead atoms. The van der Waals surface area contributed by atoms with E-state index in [9.17, 15) is 22.4 Å². The number of nitriles is 1. The lowest BCUT2D eigenvalue weighted by Gasteiger charge is -2.40. The number of anilines is 1. The molecule has 1 aliphatic heterocycles. The molecule has 0 aliphatic carbocycles. The number of carbonyl (C=O) groups is 1.